The van der Waals surface area contributed by atoms with E-state index in [2.05, 4.69) is 5.32 Å². The highest BCUT2D eigenvalue weighted by atomic mass is 35.5. The summed E-state index contributed by atoms with van der Waals surface area (Å²) in [5, 5.41) is 12.5. The quantitative estimate of drug-likeness (QED) is 0.857. The van der Waals surface area contributed by atoms with E-state index in [-0.39, 0.29) is 19.1 Å². The second-order valence-electron chi connectivity index (χ2n) is 4.24. The van der Waals surface area contributed by atoms with E-state index in [9.17, 15) is 9.90 Å². The molecule has 18 heavy (non-hydrogen) atoms. The van der Waals surface area contributed by atoms with Gasteiger partial charge in [-0.3, -0.25) is 4.79 Å². The zero-order chi connectivity index (χ0) is 13.7. The first-order chi connectivity index (χ1) is 8.45. The van der Waals surface area contributed by atoms with Crippen molar-refractivity contribution in [3.8, 4) is 0 Å². The second-order valence-corrected chi connectivity index (χ2v) is 4.64. The molecule has 0 radical (unpaired) electrons. The lowest BCUT2D eigenvalue weighted by molar-refractivity contribution is 0.0610. The summed E-state index contributed by atoms with van der Waals surface area (Å²) in [4.78, 5) is 11.9. The molecule has 0 bridgehead atoms. The lowest BCUT2D eigenvalue weighted by Gasteiger charge is -2.12. The van der Waals surface area contributed by atoms with E-state index in [0.717, 1.165) is 11.1 Å². The molecule has 0 spiro atoms. The highest BCUT2D eigenvalue weighted by Crippen LogP contribution is 2.20. The Morgan fingerprint density at radius 2 is 2.06 bits per heavy atom. The zero-order valence-electron chi connectivity index (χ0n) is 10.8. The smallest absolute Gasteiger partial charge is 0.252 e. The highest BCUT2D eigenvalue weighted by Gasteiger charge is 2.13. The molecule has 5 heteroatoms. The van der Waals surface area contributed by atoms with Crippen LogP contribution in [0.2, 0.25) is 5.02 Å². The number of carbonyl (C=O) groups excluding carboxylic acids is 1. The maximum atomic E-state index is 11.9. The Hall–Kier alpha value is -1.10. The molecule has 0 saturated heterocycles. The van der Waals surface area contributed by atoms with Crippen molar-refractivity contribution in [1.29, 1.82) is 0 Å². The minimum absolute atomic E-state index is 0.135. The van der Waals surface area contributed by atoms with Crippen LogP contribution in [-0.2, 0) is 4.74 Å². The molecule has 0 saturated carbocycles. The molecule has 4 nitrogen and oxygen atoms in total. The van der Waals surface area contributed by atoms with E-state index in [0.29, 0.717) is 10.6 Å². The van der Waals surface area contributed by atoms with Gasteiger partial charge in [-0.25, -0.2) is 0 Å². The first kappa shape index (κ1) is 15.0. The van der Waals surface area contributed by atoms with Crippen molar-refractivity contribution in [3.63, 3.8) is 0 Å². The first-order valence-corrected chi connectivity index (χ1v) is 6.05. The first-order valence-electron chi connectivity index (χ1n) is 5.67. The van der Waals surface area contributed by atoms with Gasteiger partial charge >= 0.3 is 0 Å². The molecule has 0 aliphatic carbocycles. The van der Waals surface area contributed by atoms with Gasteiger partial charge in [0.2, 0.25) is 0 Å². The molecule has 0 aromatic heterocycles. The van der Waals surface area contributed by atoms with Crippen LogP contribution in [0.5, 0.6) is 0 Å². The fourth-order valence-electron chi connectivity index (χ4n) is 1.51. The van der Waals surface area contributed by atoms with Crippen LogP contribution < -0.4 is 5.32 Å². The molecular weight excluding hydrogens is 254 g/mol. The number of amides is 1. The zero-order valence-corrected chi connectivity index (χ0v) is 11.5. The third-order valence-electron chi connectivity index (χ3n) is 2.69. The molecule has 1 aromatic carbocycles. The van der Waals surface area contributed by atoms with Crippen molar-refractivity contribution in [1.82, 2.24) is 5.32 Å². The fourth-order valence-corrected chi connectivity index (χ4v) is 1.82. The highest BCUT2D eigenvalue weighted by molar-refractivity contribution is 6.33. The second kappa shape index (κ2) is 6.73. The van der Waals surface area contributed by atoms with E-state index in [4.69, 9.17) is 16.3 Å². The lowest BCUT2D eigenvalue weighted by Crippen LogP contribution is -2.34. The molecule has 1 amide bonds. The average Bonchev–Trinajstić information content (AvgIpc) is 2.31. The van der Waals surface area contributed by atoms with Crippen molar-refractivity contribution in [2.75, 3.05) is 20.3 Å². The maximum Gasteiger partial charge on any atom is 0.252 e. The normalized spacial score (nSPS) is 12.3. The Balaban J connectivity index is 2.70. The monoisotopic (exact) mass is 271 g/mol. The maximum absolute atomic E-state index is 11.9. The van der Waals surface area contributed by atoms with Crippen LogP contribution in [0, 0.1) is 13.8 Å². The predicted molar refractivity (Wildman–Crippen MR) is 71.1 cm³/mol. The van der Waals surface area contributed by atoms with Crippen LogP contribution >= 0.6 is 11.6 Å². The van der Waals surface area contributed by atoms with E-state index in [1.165, 1.54) is 7.11 Å². The predicted octanol–water partition coefficient (Wildman–Crippen LogP) is 1.69. The summed E-state index contributed by atoms with van der Waals surface area (Å²) in [7, 11) is 1.49. The molecule has 0 aliphatic heterocycles. The number of benzene rings is 1. The van der Waals surface area contributed by atoms with Crippen molar-refractivity contribution in [3.05, 3.63) is 33.8 Å². The fraction of sp³-hybridized carbons (Fsp3) is 0.462. The average molecular weight is 272 g/mol. The summed E-state index contributed by atoms with van der Waals surface area (Å²) in [5.74, 6) is -0.293. The molecule has 2 N–H and O–H groups in total. The molecular formula is C13H18ClNO3. The van der Waals surface area contributed by atoms with Gasteiger partial charge in [-0.15, -0.1) is 0 Å². The Kier molecular flexibility index (Phi) is 5.59. The van der Waals surface area contributed by atoms with Crippen LogP contribution in [0.4, 0.5) is 0 Å². The van der Waals surface area contributed by atoms with Gasteiger partial charge in [0.05, 0.1) is 23.3 Å². The Bertz CT molecular complexity index is 434. The van der Waals surface area contributed by atoms with Gasteiger partial charge in [0.1, 0.15) is 0 Å². The summed E-state index contributed by atoms with van der Waals surface area (Å²) < 4.78 is 4.77. The van der Waals surface area contributed by atoms with Crippen LogP contribution in [0.15, 0.2) is 12.1 Å². The van der Waals surface area contributed by atoms with Crippen LogP contribution in [0.1, 0.15) is 21.5 Å². The number of aliphatic hydroxyl groups is 1. The van der Waals surface area contributed by atoms with E-state index in [1.54, 1.807) is 12.1 Å². The van der Waals surface area contributed by atoms with Gasteiger partial charge in [0, 0.05) is 13.7 Å². The molecule has 1 rings (SSSR count). The van der Waals surface area contributed by atoms with E-state index >= 15 is 0 Å². The number of aryl methyl sites for hydroxylation is 2. The van der Waals surface area contributed by atoms with Crippen LogP contribution in [-0.4, -0.2) is 37.4 Å². The molecule has 1 unspecified atom stereocenters. The van der Waals surface area contributed by atoms with Gasteiger partial charge in [0.15, 0.2) is 0 Å². The summed E-state index contributed by atoms with van der Waals surface area (Å²) >= 11 is 6.02. The molecule has 1 atom stereocenters. The molecule has 0 fully saturated rings. The van der Waals surface area contributed by atoms with Crippen molar-refractivity contribution >= 4 is 17.5 Å². The number of methoxy groups -OCH3 is 1. The Morgan fingerprint density at radius 1 is 1.44 bits per heavy atom. The van der Waals surface area contributed by atoms with Crippen LogP contribution in [0.25, 0.3) is 0 Å². The van der Waals surface area contributed by atoms with Crippen molar-refractivity contribution in [2.24, 2.45) is 0 Å². The minimum Gasteiger partial charge on any atom is -0.389 e. The largest absolute Gasteiger partial charge is 0.389 e. The van der Waals surface area contributed by atoms with Gasteiger partial charge < -0.3 is 15.2 Å². The molecule has 0 aliphatic rings. The van der Waals surface area contributed by atoms with Crippen molar-refractivity contribution < 1.29 is 14.6 Å². The topological polar surface area (TPSA) is 58.6 Å². The van der Waals surface area contributed by atoms with Crippen LogP contribution in [0.3, 0.4) is 0 Å². The standard InChI is InChI=1S/C13H18ClNO3/c1-8-4-11(12(14)5-9(8)2)13(17)15-6-10(16)7-18-3/h4-5,10,16H,6-7H2,1-3H3,(H,15,17). The van der Waals surface area contributed by atoms with Gasteiger partial charge in [-0.1, -0.05) is 11.6 Å². The summed E-state index contributed by atoms with van der Waals surface area (Å²) in [6.45, 7) is 4.17. The Labute approximate surface area is 112 Å². The summed E-state index contributed by atoms with van der Waals surface area (Å²) in [6.07, 6.45) is -0.718. The lowest BCUT2D eigenvalue weighted by atomic mass is 10.1. The third-order valence-corrected chi connectivity index (χ3v) is 3.00. The number of halogens is 1. The minimum atomic E-state index is -0.718. The SMILES string of the molecule is COCC(O)CNC(=O)c1cc(C)c(C)cc1Cl. The van der Waals surface area contributed by atoms with E-state index in [1.807, 2.05) is 13.8 Å². The summed E-state index contributed by atoms with van der Waals surface area (Å²) in [5.41, 5.74) is 2.46. The number of rotatable bonds is 5. The number of aliphatic hydroxyl groups excluding tert-OH is 1. The number of hydrogen-bond acceptors (Lipinski definition) is 3. The Morgan fingerprint density at radius 3 is 2.67 bits per heavy atom. The number of hydrogen-bond donors (Lipinski definition) is 2. The summed E-state index contributed by atoms with van der Waals surface area (Å²) in [6, 6.07) is 3.51. The van der Waals surface area contributed by atoms with Gasteiger partial charge in [-0.2, -0.15) is 0 Å². The molecule has 1 aromatic rings. The number of ether oxygens (including phenoxy) is 1. The number of carbonyl (C=O) groups is 1. The number of nitrogens with one attached hydrogen (secondary N) is 1. The third kappa shape index (κ3) is 3.98. The van der Waals surface area contributed by atoms with Crippen molar-refractivity contribution in [2.45, 2.75) is 20.0 Å². The molecule has 0 heterocycles. The van der Waals surface area contributed by atoms with Gasteiger partial charge in [0.25, 0.3) is 5.91 Å². The van der Waals surface area contributed by atoms with E-state index < -0.39 is 6.10 Å². The molecule has 100 valence electrons. The van der Waals surface area contributed by atoms with Gasteiger partial charge in [-0.05, 0) is 37.1 Å².